The summed E-state index contributed by atoms with van der Waals surface area (Å²) in [6.07, 6.45) is 3.18. The van der Waals surface area contributed by atoms with Crippen molar-refractivity contribution in [2.75, 3.05) is 12.4 Å². The number of halogens is 1. The van der Waals surface area contributed by atoms with E-state index in [4.69, 9.17) is 15.4 Å². The van der Waals surface area contributed by atoms with E-state index in [1.807, 2.05) is 18.2 Å². The van der Waals surface area contributed by atoms with Crippen LogP contribution in [0.5, 0.6) is 5.75 Å². The van der Waals surface area contributed by atoms with Crippen LogP contribution < -0.4 is 4.74 Å². The van der Waals surface area contributed by atoms with Gasteiger partial charge in [0.25, 0.3) is 0 Å². The van der Waals surface area contributed by atoms with Gasteiger partial charge in [-0.2, -0.15) is 0 Å². The Morgan fingerprint density at radius 1 is 1.17 bits per heavy atom. The molecule has 0 aliphatic rings. The van der Waals surface area contributed by atoms with Gasteiger partial charge < -0.3 is 4.74 Å². The second-order valence-electron chi connectivity index (χ2n) is 4.11. The van der Waals surface area contributed by atoms with Crippen LogP contribution in [0, 0.1) is 0 Å². The molecular formula is C13H19ClO3S. The molecule has 0 saturated heterocycles. The molecule has 0 radical (unpaired) electrons. The number of benzene rings is 1. The van der Waals surface area contributed by atoms with Crippen LogP contribution in [-0.4, -0.2) is 20.8 Å². The van der Waals surface area contributed by atoms with Crippen LogP contribution in [-0.2, 0) is 15.5 Å². The Bertz CT molecular complexity index is 457. The van der Waals surface area contributed by atoms with Gasteiger partial charge in [-0.05, 0) is 37.3 Å². The van der Waals surface area contributed by atoms with E-state index < -0.39 is 9.05 Å². The second-order valence-corrected chi connectivity index (χ2v) is 7.01. The number of unbranched alkanes of at least 4 members (excludes halogenated alkanes) is 2. The first-order chi connectivity index (χ1) is 8.53. The molecule has 0 saturated carbocycles. The van der Waals surface area contributed by atoms with Crippen molar-refractivity contribution in [2.24, 2.45) is 0 Å². The molecule has 1 rings (SSSR count). The predicted octanol–water partition coefficient (Wildman–Crippen LogP) is 3.37. The third-order valence-electron chi connectivity index (χ3n) is 2.64. The van der Waals surface area contributed by atoms with E-state index in [9.17, 15) is 8.42 Å². The lowest BCUT2D eigenvalue weighted by molar-refractivity contribution is 0.303. The van der Waals surface area contributed by atoms with Gasteiger partial charge in [0.2, 0.25) is 9.05 Å². The molecule has 3 nitrogen and oxygen atoms in total. The molecule has 0 aliphatic carbocycles. The van der Waals surface area contributed by atoms with Crippen molar-refractivity contribution >= 4 is 19.7 Å². The van der Waals surface area contributed by atoms with Crippen molar-refractivity contribution in [1.82, 2.24) is 0 Å². The fourth-order valence-corrected chi connectivity index (χ4v) is 2.55. The average Bonchev–Trinajstić information content (AvgIpc) is 2.32. The summed E-state index contributed by atoms with van der Waals surface area (Å²) in [7, 11) is 1.78. The molecule has 0 fully saturated rings. The third kappa shape index (κ3) is 6.26. The van der Waals surface area contributed by atoms with Crippen LogP contribution >= 0.6 is 10.7 Å². The minimum atomic E-state index is -3.34. The fraction of sp³-hybridized carbons (Fsp3) is 0.538. The van der Waals surface area contributed by atoms with Crippen LogP contribution in [0.2, 0.25) is 0 Å². The Morgan fingerprint density at radius 3 is 2.56 bits per heavy atom. The van der Waals surface area contributed by atoms with Gasteiger partial charge in [-0.1, -0.05) is 25.1 Å². The van der Waals surface area contributed by atoms with Crippen LogP contribution in [0.4, 0.5) is 0 Å². The Morgan fingerprint density at radius 2 is 1.89 bits per heavy atom. The van der Waals surface area contributed by atoms with Crippen molar-refractivity contribution < 1.29 is 13.2 Å². The molecule has 5 heteroatoms. The van der Waals surface area contributed by atoms with Gasteiger partial charge in [0, 0.05) is 10.7 Å². The Balaban J connectivity index is 2.22. The summed E-state index contributed by atoms with van der Waals surface area (Å²) in [5.74, 6) is 0.963. The molecule has 0 atom stereocenters. The van der Waals surface area contributed by atoms with Gasteiger partial charge >= 0.3 is 0 Å². The highest BCUT2D eigenvalue weighted by Crippen LogP contribution is 2.18. The molecule has 1 aromatic rings. The van der Waals surface area contributed by atoms with Crippen LogP contribution in [0.15, 0.2) is 24.3 Å². The standard InChI is InChI=1S/C13H19ClO3S/c1-2-12-8-4-5-9-13(12)17-10-6-3-7-11-18(14,15)16/h4-5,8-9H,2-3,6-7,10-11H2,1H3. The smallest absolute Gasteiger partial charge is 0.232 e. The summed E-state index contributed by atoms with van der Waals surface area (Å²) in [4.78, 5) is 0. The van der Waals surface area contributed by atoms with E-state index in [1.54, 1.807) is 0 Å². The summed E-state index contributed by atoms with van der Waals surface area (Å²) in [5.41, 5.74) is 1.20. The molecule has 0 aliphatic heterocycles. The summed E-state index contributed by atoms with van der Waals surface area (Å²) >= 11 is 0. The first-order valence-corrected chi connectivity index (χ1v) is 8.64. The van der Waals surface area contributed by atoms with Gasteiger partial charge in [0.05, 0.1) is 12.4 Å². The quantitative estimate of drug-likeness (QED) is 0.544. The zero-order valence-corrected chi connectivity index (χ0v) is 12.1. The minimum Gasteiger partial charge on any atom is -0.493 e. The number of rotatable bonds is 8. The maximum Gasteiger partial charge on any atom is 0.232 e. The molecular weight excluding hydrogens is 272 g/mol. The van der Waals surface area contributed by atoms with E-state index >= 15 is 0 Å². The van der Waals surface area contributed by atoms with Crippen molar-refractivity contribution in [3.8, 4) is 5.75 Å². The predicted molar refractivity (Wildman–Crippen MR) is 74.8 cm³/mol. The highest BCUT2D eigenvalue weighted by Gasteiger charge is 2.04. The largest absolute Gasteiger partial charge is 0.493 e. The second kappa shape index (κ2) is 7.64. The number of aryl methyl sites for hydroxylation is 1. The lowest BCUT2D eigenvalue weighted by Crippen LogP contribution is -2.02. The number of ether oxygens (including phenoxy) is 1. The van der Waals surface area contributed by atoms with Crippen LogP contribution in [0.25, 0.3) is 0 Å². The first kappa shape index (κ1) is 15.3. The fourth-order valence-electron chi connectivity index (χ4n) is 1.67. The summed E-state index contributed by atoms with van der Waals surface area (Å²) in [6, 6.07) is 7.96. The molecule has 0 N–H and O–H groups in total. The molecule has 0 bridgehead atoms. The molecule has 1 aromatic carbocycles. The average molecular weight is 291 g/mol. The van der Waals surface area contributed by atoms with Gasteiger partial charge in [-0.3, -0.25) is 0 Å². The molecule has 102 valence electrons. The van der Waals surface area contributed by atoms with Crippen molar-refractivity contribution in [1.29, 1.82) is 0 Å². The molecule has 0 aromatic heterocycles. The van der Waals surface area contributed by atoms with Gasteiger partial charge in [-0.25, -0.2) is 8.42 Å². The Hall–Kier alpha value is -0.740. The Kier molecular flexibility index (Phi) is 6.50. The highest BCUT2D eigenvalue weighted by atomic mass is 35.7. The monoisotopic (exact) mass is 290 g/mol. The molecule has 0 heterocycles. The van der Waals surface area contributed by atoms with Crippen LogP contribution in [0.1, 0.15) is 31.7 Å². The zero-order valence-electron chi connectivity index (χ0n) is 10.6. The van der Waals surface area contributed by atoms with E-state index in [-0.39, 0.29) is 5.75 Å². The minimum absolute atomic E-state index is 0.0418. The van der Waals surface area contributed by atoms with Gasteiger partial charge in [-0.15, -0.1) is 0 Å². The zero-order chi connectivity index (χ0) is 13.4. The van der Waals surface area contributed by atoms with Crippen LogP contribution in [0.3, 0.4) is 0 Å². The number of hydrogen-bond acceptors (Lipinski definition) is 3. The lowest BCUT2D eigenvalue weighted by Gasteiger charge is -2.09. The van der Waals surface area contributed by atoms with E-state index in [0.29, 0.717) is 13.0 Å². The molecule has 0 amide bonds. The van der Waals surface area contributed by atoms with E-state index in [2.05, 4.69) is 13.0 Å². The maximum absolute atomic E-state index is 10.7. The summed E-state index contributed by atoms with van der Waals surface area (Å²) in [5, 5.41) is 0. The van der Waals surface area contributed by atoms with E-state index in [0.717, 1.165) is 25.0 Å². The van der Waals surface area contributed by atoms with Crippen molar-refractivity contribution in [3.63, 3.8) is 0 Å². The topological polar surface area (TPSA) is 43.4 Å². The lowest BCUT2D eigenvalue weighted by atomic mass is 10.1. The van der Waals surface area contributed by atoms with Gasteiger partial charge in [0.1, 0.15) is 5.75 Å². The highest BCUT2D eigenvalue weighted by molar-refractivity contribution is 8.13. The summed E-state index contributed by atoms with van der Waals surface area (Å²) < 4.78 is 27.1. The molecule has 18 heavy (non-hydrogen) atoms. The summed E-state index contributed by atoms with van der Waals surface area (Å²) in [6.45, 7) is 2.70. The number of hydrogen-bond donors (Lipinski definition) is 0. The molecule has 0 unspecified atom stereocenters. The SMILES string of the molecule is CCc1ccccc1OCCCCCS(=O)(=O)Cl. The number of para-hydroxylation sites is 1. The maximum atomic E-state index is 10.7. The van der Waals surface area contributed by atoms with E-state index in [1.165, 1.54) is 5.56 Å². The Labute approximate surface area is 114 Å². The molecule has 0 spiro atoms. The van der Waals surface area contributed by atoms with Crippen molar-refractivity contribution in [2.45, 2.75) is 32.6 Å². The first-order valence-electron chi connectivity index (χ1n) is 6.16. The third-order valence-corrected chi connectivity index (χ3v) is 3.88. The van der Waals surface area contributed by atoms with Gasteiger partial charge in [0.15, 0.2) is 0 Å². The van der Waals surface area contributed by atoms with Crippen molar-refractivity contribution in [3.05, 3.63) is 29.8 Å². The normalized spacial score (nSPS) is 11.4.